The molecule has 1 heterocycles. The van der Waals surface area contributed by atoms with E-state index in [9.17, 15) is 0 Å². The van der Waals surface area contributed by atoms with Crippen LogP contribution in [0.5, 0.6) is 5.75 Å². The quantitative estimate of drug-likeness (QED) is 0.514. The maximum atomic E-state index is 5.96. The summed E-state index contributed by atoms with van der Waals surface area (Å²) < 4.78 is 5.47. The summed E-state index contributed by atoms with van der Waals surface area (Å²) >= 11 is 7.41. The summed E-state index contributed by atoms with van der Waals surface area (Å²) in [4.78, 5) is 5.07. The van der Waals surface area contributed by atoms with E-state index in [4.69, 9.17) is 22.1 Å². The lowest BCUT2D eigenvalue weighted by atomic mass is 10.3. The molecular weight excluding hydrogens is 280 g/mol. The van der Waals surface area contributed by atoms with Crippen LogP contribution in [-0.2, 0) is 5.75 Å². The summed E-state index contributed by atoms with van der Waals surface area (Å²) in [6.07, 6.45) is 1.78. The molecule has 19 heavy (non-hydrogen) atoms. The van der Waals surface area contributed by atoms with E-state index < -0.39 is 0 Å². The highest BCUT2D eigenvalue weighted by molar-refractivity contribution is 7.98. The number of hydrogen-bond donors (Lipinski definition) is 1. The van der Waals surface area contributed by atoms with Crippen LogP contribution in [0.4, 0.5) is 5.69 Å². The van der Waals surface area contributed by atoms with Crippen LogP contribution in [0.15, 0.2) is 41.4 Å². The molecule has 1 aromatic carbocycles. The number of pyridine rings is 1. The number of thioether (sulfide) groups is 1. The average Bonchev–Trinajstić information content (AvgIpc) is 2.41. The van der Waals surface area contributed by atoms with Gasteiger partial charge in [0.05, 0.1) is 6.61 Å². The maximum Gasteiger partial charge on any atom is 0.129 e. The minimum absolute atomic E-state index is 0.506. The third-order valence-corrected chi connectivity index (χ3v) is 3.84. The fraction of sp³-hybridized carbons (Fsp3) is 0.214. The summed E-state index contributed by atoms with van der Waals surface area (Å²) in [7, 11) is 0. The van der Waals surface area contributed by atoms with Crippen molar-refractivity contribution >= 4 is 29.1 Å². The van der Waals surface area contributed by atoms with E-state index in [1.807, 2.05) is 31.2 Å². The van der Waals surface area contributed by atoms with Gasteiger partial charge in [0.2, 0.25) is 0 Å². The summed E-state index contributed by atoms with van der Waals surface area (Å²) in [5, 5.41) is 0.506. The van der Waals surface area contributed by atoms with Crippen LogP contribution >= 0.6 is 23.4 Å². The van der Waals surface area contributed by atoms with Crippen molar-refractivity contribution in [2.45, 2.75) is 17.6 Å². The van der Waals surface area contributed by atoms with E-state index in [0.717, 1.165) is 27.6 Å². The second-order valence-corrected chi connectivity index (χ2v) is 5.31. The molecule has 1 aromatic heterocycles. The van der Waals surface area contributed by atoms with Crippen molar-refractivity contribution in [3.63, 3.8) is 0 Å². The first-order chi connectivity index (χ1) is 9.19. The number of benzene rings is 1. The third-order valence-electron chi connectivity index (χ3n) is 2.48. The van der Waals surface area contributed by atoms with Gasteiger partial charge in [0.1, 0.15) is 10.9 Å². The molecule has 0 aliphatic heterocycles. The minimum Gasteiger partial charge on any atom is -0.494 e. The number of nitrogen functional groups attached to an aromatic ring is 1. The summed E-state index contributed by atoms with van der Waals surface area (Å²) in [5.41, 5.74) is 7.83. The molecule has 3 nitrogen and oxygen atoms in total. The number of ether oxygens (including phenoxy) is 1. The first-order valence-electron chi connectivity index (χ1n) is 5.94. The maximum absolute atomic E-state index is 5.96. The van der Waals surface area contributed by atoms with Gasteiger partial charge in [0.25, 0.3) is 0 Å². The summed E-state index contributed by atoms with van der Waals surface area (Å²) in [6.45, 7) is 2.61. The van der Waals surface area contributed by atoms with Gasteiger partial charge in [-0.25, -0.2) is 4.98 Å². The van der Waals surface area contributed by atoms with Crippen LogP contribution in [0.2, 0.25) is 5.15 Å². The fourth-order valence-electron chi connectivity index (χ4n) is 1.55. The molecule has 100 valence electrons. The minimum atomic E-state index is 0.506. The zero-order valence-electron chi connectivity index (χ0n) is 10.6. The average molecular weight is 295 g/mol. The van der Waals surface area contributed by atoms with Gasteiger partial charge in [0, 0.05) is 22.5 Å². The number of nitrogens with zero attached hydrogens (tertiary/aromatic N) is 1. The molecule has 0 radical (unpaired) electrons. The molecule has 0 amide bonds. The first-order valence-corrected chi connectivity index (χ1v) is 7.31. The van der Waals surface area contributed by atoms with Crippen molar-refractivity contribution in [3.8, 4) is 5.75 Å². The zero-order chi connectivity index (χ0) is 13.7. The topological polar surface area (TPSA) is 48.1 Å². The van der Waals surface area contributed by atoms with Crippen LogP contribution in [0.1, 0.15) is 12.5 Å². The molecule has 0 spiro atoms. The number of anilines is 1. The monoisotopic (exact) mass is 294 g/mol. The van der Waals surface area contributed by atoms with Crippen LogP contribution < -0.4 is 10.5 Å². The number of nitrogens with two attached hydrogens (primary N) is 1. The molecule has 0 aliphatic rings. The predicted octanol–water partition coefficient (Wildman–Crippen LogP) is 4.01. The van der Waals surface area contributed by atoms with Crippen molar-refractivity contribution in [1.82, 2.24) is 4.98 Å². The Bertz CT molecular complexity index is 546. The van der Waals surface area contributed by atoms with E-state index in [2.05, 4.69) is 4.98 Å². The Morgan fingerprint density at radius 2 is 2.16 bits per heavy atom. The Morgan fingerprint density at radius 3 is 2.84 bits per heavy atom. The molecule has 2 N–H and O–H groups in total. The summed E-state index contributed by atoms with van der Waals surface area (Å²) in [6, 6.07) is 9.47. The second-order valence-electron chi connectivity index (χ2n) is 3.91. The molecule has 0 fully saturated rings. The van der Waals surface area contributed by atoms with Gasteiger partial charge in [-0.15, -0.1) is 11.8 Å². The smallest absolute Gasteiger partial charge is 0.129 e. The molecule has 2 aromatic rings. The SMILES string of the molecule is CCOc1ccc(N)c(SCc2ccc(Cl)nc2)c1. The van der Waals surface area contributed by atoms with Gasteiger partial charge >= 0.3 is 0 Å². The van der Waals surface area contributed by atoms with E-state index in [1.165, 1.54) is 0 Å². The lowest BCUT2D eigenvalue weighted by Crippen LogP contribution is -1.94. The Morgan fingerprint density at radius 1 is 1.32 bits per heavy atom. The van der Waals surface area contributed by atoms with Gasteiger partial charge in [-0.3, -0.25) is 0 Å². The van der Waals surface area contributed by atoms with Gasteiger partial charge in [-0.1, -0.05) is 17.7 Å². The summed E-state index contributed by atoms with van der Waals surface area (Å²) in [5.74, 6) is 1.64. The lowest BCUT2D eigenvalue weighted by Gasteiger charge is -2.09. The highest BCUT2D eigenvalue weighted by Crippen LogP contribution is 2.31. The molecule has 2 rings (SSSR count). The van der Waals surface area contributed by atoms with E-state index in [0.29, 0.717) is 11.8 Å². The van der Waals surface area contributed by atoms with E-state index in [-0.39, 0.29) is 0 Å². The fourth-order valence-corrected chi connectivity index (χ4v) is 2.59. The van der Waals surface area contributed by atoms with Crippen molar-refractivity contribution < 1.29 is 4.74 Å². The Hall–Kier alpha value is -1.39. The second kappa shape index (κ2) is 6.68. The van der Waals surface area contributed by atoms with Crippen LogP contribution in [0.3, 0.4) is 0 Å². The number of halogens is 1. The standard InChI is InChI=1S/C14H15ClN2OS/c1-2-18-11-4-5-12(16)13(7-11)19-9-10-3-6-14(15)17-8-10/h3-8H,2,9,16H2,1H3. The number of aromatic nitrogens is 1. The molecule has 0 saturated carbocycles. The number of rotatable bonds is 5. The molecule has 0 saturated heterocycles. The highest BCUT2D eigenvalue weighted by Gasteiger charge is 2.04. The molecule has 0 atom stereocenters. The van der Waals surface area contributed by atoms with E-state index >= 15 is 0 Å². The molecular formula is C14H15ClN2OS. The van der Waals surface area contributed by atoms with Crippen molar-refractivity contribution in [2.75, 3.05) is 12.3 Å². The van der Waals surface area contributed by atoms with Crippen molar-refractivity contribution in [2.24, 2.45) is 0 Å². The Labute approximate surface area is 122 Å². The van der Waals surface area contributed by atoms with Crippen LogP contribution in [0, 0.1) is 0 Å². The Kier molecular flexibility index (Phi) is 4.93. The number of hydrogen-bond acceptors (Lipinski definition) is 4. The molecule has 5 heteroatoms. The van der Waals surface area contributed by atoms with Gasteiger partial charge < -0.3 is 10.5 Å². The largest absolute Gasteiger partial charge is 0.494 e. The normalized spacial score (nSPS) is 10.4. The van der Waals surface area contributed by atoms with Crippen LogP contribution in [0.25, 0.3) is 0 Å². The van der Waals surface area contributed by atoms with Crippen LogP contribution in [-0.4, -0.2) is 11.6 Å². The third kappa shape index (κ3) is 4.04. The van der Waals surface area contributed by atoms with Gasteiger partial charge in [-0.2, -0.15) is 0 Å². The van der Waals surface area contributed by atoms with Gasteiger partial charge in [-0.05, 0) is 36.8 Å². The first kappa shape index (κ1) is 14.0. The van der Waals surface area contributed by atoms with Crippen molar-refractivity contribution in [1.29, 1.82) is 0 Å². The van der Waals surface area contributed by atoms with E-state index in [1.54, 1.807) is 24.0 Å². The highest BCUT2D eigenvalue weighted by atomic mass is 35.5. The predicted molar refractivity (Wildman–Crippen MR) is 80.8 cm³/mol. The molecule has 0 bridgehead atoms. The zero-order valence-corrected chi connectivity index (χ0v) is 12.2. The molecule has 0 unspecified atom stereocenters. The molecule has 0 aliphatic carbocycles. The van der Waals surface area contributed by atoms with Gasteiger partial charge in [0.15, 0.2) is 0 Å². The Balaban J connectivity index is 2.05. The van der Waals surface area contributed by atoms with Crippen molar-refractivity contribution in [3.05, 3.63) is 47.2 Å². The lowest BCUT2D eigenvalue weighted by molar-refractivity contribution is 0.339.